The molecule has 0 spiro atoms. The first kappa shape index (κ1) is 21.3. The van der Waals surface area contributed by atoms with Gasteiger partial charge in [0.05, 0.1) is 11.0 Å². The minimum Gasteiger partial charge on any atom is -0.491 e. The van der Waals surface area contributed by atoms with Crippen LogP contribution in [0.3, 0.4) is 0 Å². The summed E-state index contributed by atoms with van der Waals surface area (Å²) in [4.78, 5) is 12.6. The summed E-state index contributed by atoms with van der Waals surface area (Å²) in [6.45, 7) is 1.77. The molecule has 0 aliphatic heterocycles. The molecule has 7 heteroatoms. The Hall–Kier alpha value is -3.42. The fourth-order valence-corrected chi connectivity index (χ4v) is 3.18. The monoisotopic (exact) mass is 407 g/mol. The number of nitro groups is 1. The largest absolute Gasteiger partial charge is 0.491 e. The van der Waals surface area contributed by atoms with Crippen LogP contribution in [0, 0.1) is 10.1 Å². The van der Waals surface area contributed by atoms with Crippen LogP contribution in [0.1, 0.15) is 11.1 Å². The van der Waals surface area contributed by atoms with Gasteiger partial charge in [-0.1, -0.05) is 60.7 Å². The fraction of sp³-hybridized carbons (Fsp3) is 0.217. The molecule has 3 aromatic carbocycles. The first-order chi connectivity index (χ1) is 14.5. The Balaban J connectivity index is 1.63. The van der Waals surface area contributed by atoms with E-state index in [0.717, 1.165) is 11.1 Å². The zero-order valence-corrected chi connectivity index (χ0v) is 16.6. The minimum absolute atomic E-state index is 0.0150. The van der Waals surface area contributed by atoms with Crippen molar-refractivity contribution in [2.75, 3.05) is 18.9 Å². The molecule has 0 heterocycles. The first-order valence-corrected chi connectivity index (χ1v) is 9.66. The highest BCUT2D eigenvalue weighted by Gasteiger charge is 2.16. The number of rotatable bonds is 10. The molecule has 7 nitrogen and oxygen atoms in total. The van der Waals surface area contributed by atoms with Crippen molar-refractivity contribution in [2.45, 2.75) is 19.2 Å². The lowest BCUT2D eigenvalue weighted by atomic mass is 10.1. The molecule has 0 aliphatic rings. The van der Waals surface area contributed by atoms with E-state index in [-0.39, 0.29) is 18.0 Å². The highest BCUT2D eigenvalue weighted by molar-refractivity contribution is 5.60. The van der Waals surface area contributed by atoms with E-state index < -0.39 is 11.0 Å². The smallest absolute Gasteiger partial charge is 0.295 e. The molecule has 0 saturated carbocycles. The SMILES string of the molecule is Nc1ccc(OCC(O)CN(Cc2ccccc2)Cc2ccccc2)cc1[N+](=O)[O-]. The van der Waals surface area contributed by atoms with Gasteiger partial charge in [0.15, 0.2) is 0 Å². The zero-order valence-electron chi connectivity index (χ0n) is 16.6. The molecule has 0 fully saturated rings. The van der Waals surface area contributed by atoms with Crippen LogP contribution >= 0.6 is 0 Å². The van der Waals surface area contributed by atoms with Gasteiger partial charge in [-0.05, 0) is 23.3 Å². The van der Waals surface area contributed by atoms with Gasteiger partial charge >= 0.3 is 0 Å². The summed E-state index contributed by atoms with van der Waals surface area (Å²) in [7, 11) is 0. The molecule has 3 rings (SSSR count). The van der Waals surface area contributed by atoms with Crippen LogP contribution in [0.15, 0.2) is 78.9 Å². The van der Waals surface area contributed by atoms with Crippen molar-refractivity contribution in [1.82, 2.24) is 4.90 Å². The number of hydrogen-bond donors (Lipinski definition) is 2. The Bertz CT molecular complexity index is 910. The van der Waals surface area contributed by atoms with Crippen LogP contribution in [0.2, 0.25) is 0 Å². The molecule has 0 aromatic heterocycles. The zero-order chi connectivity index (χ0) is 21.3. The van der Waals surface area contributed by atoms with Crippen molar-refractivity contribution in [3.63, 3.8) is 0 Å². The maximum absolute atomic E-state index is 11.0. The highest BCUT2D eigenvalue weighted by Crippen LogP contribution is 2.26. The lowest BCUT2D eigenvalue weighted by molar-refractivity contribution is -0.384. The third kappa shape index (κ3) is 6.30. The topological polar surface area (TPSA) is 102 Å². The van der Waals surface area contributed by atoms with Crippen LogP contribution in [-0.2, 0) is 13.1 Å². The Morgan fingerprint density at radius 3 is 2.07 bits per heavy atom. The van der Waals surface area contributed by atoms with E-state index in [2.05, 4.69) is 4.90 Å². The molecule has 0 amide bonds. The number of aliphatic hydroxyl groups is 1. The van der Waals surface area contributed by atoms with Crippen molar-refractivity contribution in [1.29, 1.82) is 0 Å². The van der Waals surface area contributed by atoms with Crippen molar-refractivity contribution < 1.29 is 14.8 Å². The fourth-order valence-electron chi connectivity index (χ4n) is 3.18. The van der Waals surface area contributed by atoms with Crippen molar-refractivity contribution in [3.8, 4) is 5.75 Å². The summed E-state index contributed by atoms with van der Waals surface area (Å²) in [5, 5.41) is 21.6. The lowest BCUT2D eigenvalue weighted by Gasteiger charge is -2.25. The number of hydrogen-bond acceptors (Lipinski definition) is 6. The standard InChI is InChI=1S/C23H25N3O4/c24-22-12-11-21(13-23(22)26(28)29)30-17-20(27)16-25(14-18-7-3-1-4-8-18)15-19-9-5-2-6-10-19/h1-13,20,27H,14-17,24H2. The Labute approximate surface area is 175 Å². The summed E-state index contributed by atoms with van der Waals surface area (Å²) >= 11 is 0. The summed E-state index contributed by atoms with van der Waals surface area (Å²) < 4.78 is 5.58. The normalized spacial score (nSPS) is 11.9. The van der Waals surface area contributed by atoms with Gasteiger partial charge in [-0.2, -0.15) is 0 Å². The van der Waals surface area contributed by atoms with E-state index in [4.69, 9.17) is 10.5 Å². The molecule has 156 valence electrons. The summed E-state index contributed by atoms with van der Waals surface area (Å²) in [6, 6.07) is 24.4. The summed E-state index contributed by atoms with van der Waals surface area (Å²) in [6.07, 6.45) is -0.769. The van der Waals surface area contributed by atoms with Crippen molar-refractivity contribution in [3.05, 3.63) is 100 Å². The molecule has 0 bridgehead atoms. The molecule has 0 aliphatic carbocycles. The average molecular weight is 407 g/mol. The number of anilines is 1. The predicted molar refractivity (Wildman–Crippen MR) is 116 cm³/mol. The third-order valence-corrected chi connectivity index (χ3v) is 4.61. The molecule has 3 aromatic rings. The summed E-state index contributed by atoms with van der Waals surface area (Å²) in [5.41, 5.74) is 7.77. The van der Waals surface area contributed by atoms with Gasteiger partial charge in [-0.3, -0.25) is 15.0 Å². The van der Waals surface area contributed by atoms with Gasteiger partial charge in [-0.15, -0.1) is 0 Å². The van der Waals surface area contributed by atoms with Crippen LogP contribution in [0.4, 0.5) is 11.4 Å². The molecular formula is C23H25N3O4. The highest BCUT2D eigenvalue weighted by atomic mass is 16.6. The van der Waals surface area contributed by atoms with E-state index >= 15 is 0 Å². The number of nitrogens with two attached hydrogens (primary N) is 1. The second-order valence-corrected chi connectivity index (χ2v) is 7.08. The Morgan fingerprint density at radius 2 is 1.53 bits per heavy atom. The third-order valence-electron chi connectivity index (χ3n) is 4.61. The van der Waals surface area contributed by atoms with Gasteiger partial charge in [0.2, 0.25) is 0 Å². The molecule has 3 N–H and O–H groups in total. The Kier molecular flexibility index (Phi) is 7.37. The van der Waals surface area contributed by atoms with Crippen LogP contribution in [-0.4, -0.2) is 34.2 Å². The molecule has 1 unspecified atom stereocenters. The molecule has 30 heavy (non-hydrogen) atoms. The maximum Gasteiger partial charge on any atom is 0.295 e. The second kappa shape index (κ2) is 10.4. The van der Waals surface area contributed by atoms with E-state index in [1.807, 2.05) is 60.7 Å². The number of nitro benzene ring substituents is 1. The van der Waals surface area contributed by atoms with Crippen molar-refractivity contribution >= 4 is 11.4 Å². The number of ether oxygens (including phenoxy) is 1. The van der Waals surface area contributed by atoms with Crippen LogP contribution in [0.5, 0.6) is 5.75 Å². The van der Waals surface area contributed by atoms with Gasteiger partial charge in [0.25, 0.3) is 5.69 Å². The van der Waals surface area contributed by atoms with Crippen LogP contribution < -0.4 is 10.5 Å². The second-order valence-electron chi connectivity index (χ2n) is 7.08. The van der Waals surface area contributed by atoms with Gasteiger partial charge in [0.1, 0.15) is 24.1 Å². The predicted octanol–water partition coefficient (Wildman–Crippen LogP) is 3.62. The van der Waals surface area contributed by atoms with E-state index in [1.165, 1.54) is 12.1 Å². The first-order valence-electron chi connectivity index (χ1n) is 9.66. The number of aliphatic hydroxyl groups excluding tert-OH is 1. The lowest BCUT2D eigenvalue weighted by Crippen LogP contribution is -2.35. The van der Waals surface area contributed by atoms with Gasteiger partial charge in [-0.25, -0.2) is 0 Å². The number of nitrogens with zero attached hydrogens (tertiary/aromatic N) is 2. The molecular weight excluding hydrogens is 382 g/mol. The summed E-state index contributed by atoms with van der Waals surface area (Å²) in [5.74, 6) is 0.299. The maximum atomic E-state index is 11.0. The number of nitrogen functional groups attached to an aromatic ring is 1. The van der Waals surface area contributed by atoms with E-state index in [0.29, 0.717) is 25.4 Å². The quantitative estimate of drug-likeness (QED) is 0.302. The van der Waals surface area contributed by atoms with Gasteiger partial charge < -0.3 is 15.6 Å². The minimum atomic E-state index is -0.769. The Morgan fingerprint density at radius 1 is 0.967 bits per heavy atom. The number of benzene rings is 3. The molecule has 0 saturated heterocycles. The molecule has 1 atom stereocenters. The van der Waals surface area contributed by atoms with Crippen molar-refractivity contribution in [2.24, 2.45) is 0 Å². The average Bonchev–Trinajstić information content (AvgIpc) is 2.74. The van der Waals surface area contributed by atoms with Gasteiger partial charge in [0, 0.05) is 19.6 Å². The molecule has 0 radical (unpaired) electrons. The van der Waals surface area contributed by atoms with E-state index in [1.54, 1.807) is 6.07 Å². The van der Waals surface area contributed by atoms with E-state index in [9.17, 15) is 15.2 Å². The van der Waals surface area contributed by atoms with Crippen LogP contribution in [0.25, 0.3) is 0 Å².